The molecule has 4 aromatic carbocycles. The van der Waals surface area contributed by atoms with Gasteiger partial charge in [0.25, 0.3) is 11.8 Å². The van der Waals surface area contributed by atoms with E-state index in [1.54, 1.807) is 54.3 Å². The fourth-order valence-electron chi connectivity index (χ4n) is 3.78. The Hall–Kier alpha value is -3.35. The predicted molar refractivity (Wildman–Crippen MR) is 146 cm³/mol. The molecule has 7 heteroatoms. The zero-order valence-corrected chi connectivity index (χ0v) is 21.6. The first kappa shape index (κ1) is 24.8. The van der Waals surface area contributed by atoms with Crippen LogP contribution < -0.4 is 15.0 Å². The zero-order chi connectivity index (χ0) is 24.9. The minimum atomic E-state index is -0.740. The highest BCUT2D eigenvalue weighted by atomic mass is 79.9. The third kappa shape index (κ3) is 5.66. The second kappa shape index (κ2) is 10.9. The SMILES string of the molecule is CCN(C(=O)c1ccc(NC(=O)C(C)Oc2ccc(Cl)cc2Br)cc1)c1cccc2ccccc12. The van der Waals surface area contributed by atoms with Gasteiger partial charge in [-0.15, -0.1) is 0 Å². The summed E-state index contributed by atoms with van der Waals surface area (Å²) in [6.45, 7) is 4.15. The standard InChI is InChI=1S/C28H24BrClN2O3/c1-3-32(25-10-6-8-19-7-4-5-9-23(19)25)28(34)20-11-14-22(15-12-20)31-27(33)18(2)35-26-16-13-21(30)17-24(26)29/h4-18H,3H2,1-2H3,(H,31,33). The van der Waals surface area contributed by atoms with Crippen molar-refractivity contribution in [3.63, 3.8) is 0 Å². The van der Waals surface area contributed by atoms with Crippen molar-refractivity contribution in [2.45, 2.75) is 20.0 Å². The van der Waals surface area contributed by atoms with Crippen LogP contribution in [0.4, 0.5) is 11.4 Å². The molecule has 1 N–H and O–H groups in total. The number of nitrogens with zero attached hydrogens (tertiary/aromatic N) is 1. The lowest BCUT2D eigenvalue weighted by molar-refractivity contribution is -0.122. The van der Waals surface area contributed by atoms with Crippen LogP contribution >= 0.6 is 27.5 Å². The Morgan fingerprint density at radius 3 is 2.43 bits per heavy atom. The third-order valence-corrected chi connectivity index (χ3v) is 6.44. The molecule has 0 heterocycles. The molecule has 0 radical (unpaired) electrons. The predicted octanol–water partition coefficient (Wildman–Crippen LogP) is 7.33. The first-order valence-electron chi connectivity index (χ1n) is 11.2. The Bertz CT molecular complexity index is 1370. The molecule has 0 aliphatic heterocycles. The van der Waals surface area contributed by atoms with E-state index in [0.29, 0.717) is 33.0 Å². The van der Waals surface area contributed by atoms with Gasteiger partial charge in [-0.1, -0.05) is 48.0 Å². The van der Waals surface area contributed by atoms with E-state index in [-0.39, 0.29) is 11.8 Å². The van der Waals surface area contributed by atoms with Gasteiger partial charge in [0, 0.05) is 28.2 Å². The summed E-state index contributed by atoms with van der Waals surface area (Å²) < 4.78 is 6.41. The molecular formula is C28H24BrClN2O3. The van der Waals surface area contributed by atoms with E-state index in [4.69, 9.17) is 16.3 Å². The van der Waals surface area contributed by atoms with Crippen LogP contribution in [0.1, 0.15) is 24.2 Å². The Morgan fingerprint density at radius 1 is 1.00 bits per heavy atom. The smallest absolute Gasteiger partial charge is 0.265 e. The van der Waals surface area contributed by atoms with Crippen LogP contribution in [0.25, 0.3) is 10.8 Å². The van der Waals surface area contributed by atoms with E-state index < -0.39 is 6.10 Å². The molecule has 0 fully saturated rings. The maximum Gasteiger partial charge on any atom is 0.265 e. The molecule has 0 saturated heterocycles. The van der Waals surface area contributed by atoms with Gasteiger partial charge in [-0.25, -0.2) is 0 Å². The summed E-state index contributed by atoms with van der Waals surface area (Å²) in [7, 11) is 0. The van der Waals surface area contributed by atoms with Crippen molar-refractivity contribution in [2.24, 2.45) is 0 Å². The molecule has 0 saturated carbocycles. The van der Waals surface area contributed by atoms with Crippen molar-refractivity contribution in [1.29, 1.82) is 0 Å². The third-order valence-electron chi connectivity index (χ3n) is 5.59. The van der Waals surface area contributed by atoms with E-state index in [1.807, 2.05) is 49.4 Å². The van der Waals surface area contributed by atoms with Crippen molar-refractivity contribution in [3.8, 4) is 5.75 Å². The minimum Gasteiger partial charge on any atom is -0.480 e. The maximum absolute atomic E-state index is 13.3. The number of carbonyl (C=O) groups excluding carboxylic acids is 2. The van der Waals surface area contributed by atoms with Gasteiger partial charge in [-0.2, -0.15) is 0 Å². The fraction of sp³-hybridized carbons (Fsp3) is 0.143. The van der Waals surface area contributed by atoms with Crippen LogP contribution in [0.5, 0.6) is 5.75 Å². The molecule has 4 aromatic rings. The minimum absolute atomic E-state index is 0.106. The Kier molecular flexibility index (Phi) is 7.73. The van der Waals surface area contributed by atoms with Crippen LogP contribution in [0, 0.1) is 0 Å². The number of hydrogen-bond donors (Lipinski definition) is 1. The quantitative estimate of drug-likeness (QED) is 0.262. The molecule has 1 atom stereocenters. The van der Waals surface area contributed by atoms with Crippen LogP contribution in [0.2, 0.25) is 5.02 Å². The van der Waals surface area contributed by atoms with E-state index in [0.717, 1.165) is 16.5 Å². The van der Waals surface area contributed by atoms with Gasteiger partial charge in [0.2, 0.25) is 0 Å². The normalized spacial score (nSPS) is 11.7. The number of hydrogen-bond acceptors (Lipinski definition) is 3. The van der Waals surface area contributed by atoms with E-state index >= 15 is 0 Å². The summed E-state index contributed by atoms with van der Waals surface area (Å²) in [4.78, 5) is 27.7. The average molecular weight is 552 g/mol. The second-order valence-corrected chi connectivity index (χ2v) is 9.24. The number of rotatable bonds is 7. The Balaban J connectivity index is 1.45. The summed E-state index contributed by atoms with van der Waals surface area (Å²) >= 11 is 9.34. The first-order chi connectivity index (χ1) is 16.9. The Morgan fingerprint density at radius 2 is 1.71 bits per heavy atom. The summed E-state index contributed by atoms with van der Waals surface area (Å²) in [5, 5.41) is 5.50. The van der Waals surface area contributed by atoms with E-state index in [1.165, 1.54) is 0 Å². The molecule has 0 spiro atoms. The second-order valence-electron chi connectivity index (χ2n) is 7.95. The molecule has 178 valence electrons. The number of carbonyl (C=O) groups is 2. The summed E-state index contributed by atoms with van der Waals surface area (Å²) in [6, 6.07) is 25.9. The number of amides is 2. The van der Waals surface area contributed by atoms with Gasteiger partial charge in [-0.05, 0) is 83.7 Å². The van der Waals surface area contributed by atoms with Crippen LogP contribution in [-0.2, 0) is 4.79 Å². The van der Waals surface area contributed by atoms with E-state index in [2.05, 4.69) is 21.2 Å². The average Bonchev–Trinajstić information content (AvgIpc) is 2.86. The number of nitrogens with one attached hydrogen (secondary N) is 1. The summed E-state index contributed by atoms with van der Waals surface area (Å²) in [5.74, 6) is 0.106. The van der Waals surface area contributed by atoms with Gasteiger partial charge in [-0.3, -0.25) is 9.59 Å². The maximum atomic E-state index is 13.3. The number of ether oxygens (including phenoxy) is 1. The molecule has 0 aromatic heterocycles. The van der Waals surface area contributed by atoms with Gasteiger partial charge in [0.15, 0.2) is 6.10 Å². The van der Waals surface area contributed by atoms with Crippen molar-refractivity contribution in [3.05, 3.63) is 100.0 Å². The molecular weight excluding hydrogens is 528 g/mol. The fourth-order valence-corrected chi connectivity index (χ4v) is 4.55. The lowest BCUT2D eigenvalue weighted by Gasteiger charge is -2.23. The van der Waals surface area contributed by atoms with Crippen molar-refractivity contribution < 1.29 is 14.3 Å². The van der Waals surface area contributed by atoms with Gasteiger partial charge in [0.1, 0.15) is 5.75 Å². The van der Waals surface area contributed by atoms with Gasteiger partial charge in [0.05, 0.1) is 10.2 Å². The van der Waals surface area contributed by atoms with Crippen LogP contribution in [0.15, 0.2) is 89.4 Å². The highest BCUT2D eigenvalue weighted by molar-refractivity contribution is 9.10. The summed E-state index contributed by atoms with van der Waals surface area (Å²) in [6.07, 6.45) is -0.740. The first-order valence-corrected chi connectivity index (χ1v) is 12.4. The number of halogens is 2. The topological polar surface area (TPSA) is 58.6 Å². The van der Waals surface area contributed by atoms with Crippen molar-refractivity contribution in [2.75, 3.05) is 16.8 Å². The molecule has 0 bridgehead atoms. The van der Waals surface area contributed by atoms with Crippen molar-refractivity contribution >= 4 is 61.5 Å². The van der Waals surface area contributed by atoms with E-state index in [9.17, 15) is 9.59 Å². The number of benzene rings is 4. The monoisotopic (exact) mass is 550 g/mol. The number of fused-ring (bicyclic) bond motifs is 1. The molecule has 35 heavy (non-hydrogen) atoms. The highest BCUT2D eigenvalue weighted by Gasteiger charge is 2.19. The Labute approximate surface area is 217 Å². The lowest BCUT2D eigenvalue weighted by Crippen LogP contribution is -2.31. The molecule has 2 amide bonds. The lowest BCUT2D eigenvalue weighted by atomic mass is 10.1. The van der Waals surface area contributed by atoms with Crippen LogP contribution in [-0.4, -0.2) is 24.5 Å². The molecule has 0 aliphatic rings. The molecule has 5 nitrogen and oxygen atoms in total. The largest absolute Gasteiger partial charge is 0.480 e. The molecule has 0 aliphatic carbocycles. The van der Waals surface area contributed by atoms with Crippen molar-refractivity contribution in [1.82, 2.24) is 0 Å². The highest BCUT2D eigenvalue weighted by Crippen LogP contribution is 2.30. The number of anilines is 2. The molecule has 1 unspecified atom stereocenters. The molecule has 4 rings (SSSR count). The zero-order valence-electron chi connectivity index (χ0n) is 19.3. The van der Waals surface area contributed by atoms with Gasteiger partial charge >= 0.3 is 0 Å². The van der Waals surface area contributed by atoms with Crippen LogP contribution in [0.3, 0.4) is 0 Å². The van der Waals surface area contributed by atoms with Gasteiger partial charge < -0.3 is 15.0 Å². The summed E-state index contributed by atoms with van der Waals surface area (Å²) in [5.41, 5.74) is 1.98.